The fourth-order valence-electron chi connectivity index (χ4n) is 1.61. The highest BCUT2D eigenvalue weighted by molar-refractivity contribution is 5.39. The molecule has 0 fully saturated rings. The van der Waals surface area contributed by atoms with Crippen molar-refractivity contribution in [3.8, 4) is 0 Å². The number of pyridine rings is 1. The molecule has 0 aromatic carbocycles. The topological polar surface area (TPSA) is 42.2 Å². The molecule has 2 aromatic heterocycles. The van der Waals surface area contributed by atoms with Crippen molar-refractivity contribution in [1.29, 1.82) is 0 Å². The van der Waals surface area contributed by atoms with E-state index in [-0.39, 0.29) is 0 Å². The lowest BCUT2D eigenvalue weighted by molar-refractivity contribution is 0.763. The van der Waals surface area contributed by atoms with Crippen LogP contribution >= 0.6 is 0 Å². The van der Waals surface area contributed by atoms with Gasteiger partial charge in [0.2, 0.25) is 0 Å². The Balaban J connectivity index is 2.46. The van der Waals surface area contributed by atoms with Crippen molar-refractivity contribution in [2.75, 3.05) is 13.6 Å². The number of hydrogen-bond acceptors (Lipinski definition) is 3. The highest BCUT2D eigenvalue weighted by Crippen LogP contribution is 2.07. The molecule has 0 aliphatic heterocycles. The van der Waals surface area contributed by atoms with Crippen LogP contribution in [0.25, 0.3) is 5.65 Å². The average Bonchev–Trinajstić information content (AvgIpc) is 2.58. The van der Waals surface area contributed by atoms with Crippen LogP contribution in [0.3, 0.4) is 0 Å². The minimum Gasteiger partial charge on any atom is -0.319 e. The zero-order valence-electron chi connectivity index (χ0n) is 8.49. The van der Waals surface area contributed by atoms with Crippen LogP contribution in [-0.2, 0) is 6.42 Å². The molecule has 74 valence electrons. The number of likely N-dealkylation sites (N-methyl/N-ethyl adjacent to an activating group) is 1. The maximum atomic E-state index is 4.08. The summed E-state index contributed by atoms with van der Waals surface area (Å²) in [7, 11) is 1.96. The second-order valence-corrected chi connectivity index (χ2v) is 3.31. The van der Waals surface area contributed by atoms with Gasteiger partial charge >= 0.3 is 0 Å². The maximum Gasteiger partial charge on any atom is 0.160 e. The van der Waals surface area contributed by atoms with E-state index in [4.69, 9.17) is 0 Å². The Labute approximate surface area is 83.0 Å². The minimum atomic E-state index is 0.927. The summed E-state index contributed by atoms with van der Waals surface area (Å²) >= 11 is 0. The standard InChI is InChI=1S/C10H14N4/c1-8-12-13-10-5-3-4-9(14(8)10)6-7-11-2/h3-5,11H,6-7H2,1-2H3. The molecule has 4 nitrogen and oxygen atoms in total. The van der Waals surface area contributed by atoms with Gasteiger partial charge in [-0.1, -0.05) is 6.07 Å². The molecule has 0 radical (unpaired) electrons. The van der Waals surface area contributed by atoms with E-state index >= 15 is 0 Å². The molecule has 1 N–H and O–H groups in total. The van der Waals surface area contributed by atoms with Crippen LogP contribution in [0.1, 0.15) is 11.5 Å². The number of nitrogens with one attached hydrogen (secondary N) is 1. The van der Waals surface area contributed by atoms with Crippen molar-refractivity contribution < 1.29 is 0 Å². The van der Waals surface area contributed by atoms with Crippen LogP contribution in [-0.4, -0.2) is 28.2 Å². The summed E-state index contributed by atoms with van der Waals surface area (Å²) in [6, 6.07) is 6.11. The molecule has 0 saturated carbocycles. The predicted octanol–water partition coefficient (Wildman–Crippen LogP) is 0.800. The van der Waals surface area contributed by atoms with Crippen LogP contribution in [0, 0.1) is 6.92 Å². The zero-order chi connectivity index (χ0) is 9.97. The fraction of sp³-hybridized carbons (Fsp3) is 0.400. The van der Waals surface area contributed by atoms with Crippen LogP contribution in [0.2, 0.25) is 0 Å². The number of aromatic nitrogens is 3. The van der Waals surface area contributed by atoms with E-state index in [0.29, 0.717) is 0 Å². The Hall–Kier alpha value is -1.42. The Bertz CT molecular complexity index is 433. The van der Waals surface area contributed by atoms with Gasteiger partial charge in [0.15, 0.2) is 5.65 Å². The first kappa shape index (κ1) is 9.15. The molecule has 14 heavy (non-hydrogen) atoms. The van der Waals surface area contributed by atoms with Gasteiger partial charge in [-0.25, -0.2) is 0 Å². The smallest absolute Gasteiger partial charge is 0.160 e. The number of hydrogen-bond donors (Lipinski definition) is 1. The molecule has 0 spiro atoms. The van der Waals surface area contributed by atoms with Gasteiger partial charge in [0, 0.05) is 18.7 Å². The molecular formula is C10H14N4. The highest BCUT2D eigenvalue weighted by atomic mass is 15.2. The van der Waals surface area contributed by atoms with Crippen molar-refractivity contribution in [3.05, 3.63) is 29.7 Å². The van der Waals surface area contributed by atoms with E-state index in [1.54, 1.807) is 0 Å². The fourth-order valence-corrected chi connectivity index (χ4v) is 1.61. The number of fused-ring (bicyclic) bond motifs is 1. The third-order valence-corrected chi connectivity index (χ3v) is 2.30. The zero-order valence-corrected chi connectivity index (χ0v) is 8.49. The Morgan fingerprint density at radius 2 is 2.21 bits per heavy atom. The SMILES string of the molecule is CNCCc1cccc2nnc(C)n12. The van der Waals surface area contributed by atoms with Gasteiger partial charge in [0.25, 0.3) is 0 Å². The van der Waals surface area contributed by atoms with Gasteiger partial charge in [0.1, 0.15) is 5.82 Å². The van der Waals surface area contributed by atoms with Crippen LogP contribution < -0.4 is 5.32 Å². The number of nitrogens with zero attached hydrogens (tertiary/aromatic N) is 3. The summed E-state index contributed by atoms with van der Waals surface area (Å²) < 4.78 is 2.09. The summed E-state index contributed by atoms with van der Waals surface area (Å²) in [4.78, 5) is 0. The molecule has 0 saturated heterocycles. The third-order valence-electron chi connectivity index (χ3n) is 2.30. The molecule has 2 heterocycles. The van der Waals surface area contributed by atoms with E-state index in [9.17, 15) is 0 Å². The first-order valence-corrected chi connectivity index (χ1v) is 4.77. The lowest BCUT2D eigenvalue weighted by atomic mass is 10.2. The first-order valence-electron chi connectivity index (χ1n) is 4.77. The lowest BCUT2D eigenvalue weighted by Gasteiger charge is -2.05. The molecule has 0 atom stereocenters. The molecule has 0 aliphatic carbocycles. The van der Waals surface area contributed by atoms with Crippen molar-refractivity contribution in [3.63, 3.8) is 0 Å². The lowest BCUT2D eigenvalue weighted by Crippen LogP contribution is -2.12. The van der Waals surface area contributed by atoms with Crippen molar-refractivity contribution in [1.82, 2.24) is 19.9 Å². The van der Waals surface area contributed by atoms with Gasteiger partial charge in [-0.15, -0.1) is 10.2 Å². The summed E-state index contributed by atoms with van der Waals surface area (Å²) in [5, 5.41) is 11.3. The van der Waals surface area contributed by atoms with Crippen LogP contribution in [0.4, 0.5) is 0 Å². The van der Waals surface area contributed by atoms with E-state index in [0.717, 1.165) is 24.4 Å². The second-order valence-electron chi connectivity index (χ2n) is 3.31. The van der Waals surface area contributed by atoms with Gasteiger partial charge < -0.3 is 5.32 Å². The van der Waals surface area contributed by atoms with Gasteiger partial charge in [-0.3, -0.25) is 4.40 Å². The number of aryl methyl sites for hydroxylation is 1. The van der Waals surface area contributed by atoms with E-state index in [1.165, 1.54) is 5.69 Å². The highest BCUT2D eigenvalue weighted by Gasteiger charge is 2.04. The van der Waals surface area contributed by atoms with Crippen LogP contribution in [0.5, 0.6) is 0 Å². The summed E-state index contributed by atoms with van der Waals surface area (Å²) in [6.45, 7) is 2.94. The summed E-state index contributed by atoms with van der Waals surface area (Å²) in [5.41, 5.74) is 2.18. The second kappa shape index (κ2) is 3.75. The Morgan fingerprint density at radius 1 is 1.36 bits per heavy atom. The normalized spacial score (nSPS) is 11.0. The maximum absolute atomic E-state index is 4.08. The van der Waals surface area contributed by atoms with Gasteiger partial charge in [-0.2, -0.15) is 0 Å². The largest absolute Gasteiger partial charge is 0.319 e. The molecule has 0 aliphatic rings. The molecular weight excluding hydrogens is 176 g/mol. The predicted molar refractivity (Wildman–Crippen MR) is 55.4 cm³/mol. The molecule has 2 rings (SSSR count). The van der Waals surface area contributed by atoms with E-state index in [2.05, 4.69) is 26.0 Å². The Kier molecular flexibility index (Phi) is 2.45. The molecule has 4 heteroatoms. The molecule has 0 amide bonds. The third kappa shape index (κ3) is 1.48. The van der Waals surface area contributed by atoms with Crippen molar-refractivity contribution >= 4 is 5.65 Å². The summed E-state index contributed by atoms with van der Waals surface area (Å²) in [5.74, 6) is 0.951. The minimum absolute atomic E-state index is 0.927. The molecule has 0 unspecified atom stereocenters. The quantitative estimate of drug-likeness (QED) is 0.778. The average molecular weight is 190 g/mol. The van der Waals surface area contributed by atoms with Crippen molar-refractivity contribution in [2.45, 2.75) is 13.3 Å². The molecule has 2 aromatic rings. The van der Waals surface area contributed by atoms with Gasteiger partial charge in [-0.05, 0) is 26.1 Å². The van der Waals surface area contributed by atoms with Gasteiger partial charge in [0.05, 0.1) is 0 Å². The Morgan fingerprint density at radius 3 is 3.00 bits per heavy atom. The van der Waals surface area contributed by atoms with Crippen molar-refractivity contribution in [2.24, 2.45) is 0 Å². The van der Waals surface area contributed by atoms with Crippen LogP contribution in [0.15, 0.2) is 18.2 Å². The monoisotopic (exact) mass is 190 g/mol. The number of rotatable bonds is 3. The van der Waals surface area contributed by atoms with E-state index < -0.39 is 0 Å². The first-order chi connectivity index (χ1) is 6.83. The molecule has 0 bridgehead atoms. The van der Waals surface area contributed by atoms with E-state index in [1.807, 2.05) is 26.1 Å². The summed E-state index contributed by atoms with van der Waals surface area (Å²) in [6.07, 6.45) is 0.993.